The van der Waals surface area contributed by atoms with Gasteiger partial charge < -0.3 is 4.57 Å². The van der Waals surface area contributed by atoms with Crippen molar-refractivity contribution in [3.63, 3.8) is 0 Å². The lowest BCUT2D eigenvalue weighted by atomic mass is 10.1. The van der Waals surface area contributed by atoms with Gasteiger partial charge in [0.1, 0.15) is 0 Å². The van der Waals surface area contributed by atoms with Crippen LogP contribution >= 0.6 is 0 Å². The second-order valence-electron chi connectivity index (χ2n) is 5.36. The molecule has 0 aliphatic heterocycles. The van der Waals surface area contributed by atoms with Crippen molar-refractivity contribution in [2.75, 3.05) is 0 Å². The molecule has 0 bridgehead atoms. The topological polar surface area (TPSA) is 45.8 Å². The molecule has 4 aromatic rings. The molecule has 0 unspecified atom stereocenters. The monoisotopic (exact) mass is 296 g/mol. The quantitative estimate of drug-likeness (QED) is 0.498. The highest BCUT2D eigenvalue weighted by molar-refractivity contribution is 5.95. The lowest BCUT2D eigenvalue weighted by Gasteiger charge is -2.15. The van der Waals surface area contributed by atoms with Crippen molar-refractivity contribution >= 4 is 21.8 Å². The maximum atomic E-state index is 12.7. The molecule has 0 fully saturated rings. The van der Waals surface area contributed by atoms with Gasteiger partial charge in [0.2, 0.25) is 0 Å². The molecule has 0 atom stereocenters. The van der Waals surface area contributed by atoms with Crippen LogP contribution in [0.2, 0.25) is 0 Å². The summed E-state index contributed by atoms with van der Waals surface area (Å²) in [5.41, 5.74) is 3.31. The number of benzene rings is 3. The Balaban J connectivity index is 2.20. The first kappa shape index (κ1) is 13.3. The van der Waals surface area contributed by atoms with Gasteiger partial charge in [-0.1, -0.05) is 24.3 Å². The van der Waals surface area contributed by atoms with Crippen LogP contribution in [-0.2, 0) is 0 Å². The maximum absolute atomic E-state index is 12.7. The van der Waals surface area contributed by atoms with Gasteiger partial charge in [-0.2, -0.15) is 5.26 Å². The number of para-hydroxylation sites is 2. The molecule has 0 aliphatic carbocycles. The molecule has 0 saturated carbocycles. The van der Waals surface area contributed by atoms with Crippen LogP contribution in [0.1, 0.15) is 5.56 Å². The molecule has 0 saturated heterocycles. The molecule has 3 heteroatoms. The predicted molar refractivity (Wildman–Crippen MR) is 91.8 cm³/mol. The molecule has 0 spiro atoms. The Kier molecular flexibility index (Phi) is 2.96. The van der Waals surface area contributed by atoms with Gasteiger partial charge in [0.25, 0.3) is 0 Å². The van der Waals surface area contributed by atoms with Gasteiger partial charge >= 0.3 is 0 Å². The average molecular weight is 296 g/mol. The smallest absolute Gasteiger partial charge is 0.197 e. The van der Waals surface area contributed by atoms with Crippen LogP contribution in [0.5, 0.6) is 0 Å². The molecular formula is C20H12N2O. The summed E-state index contributed by atoms with van der Waals surface area (Å²) in [6.45, 7) is 0. The Morgan fingerprint density at radius 1 is 0.739 bits per heavy atom. The van der Waals surface area contributed by atoms with Gasteiger partial charge in [0.05, 0.1) is 22.7 Å². The van der Waals surface area contributed by atoms with Gasteiger partial charge in [0.15, 0.2) is 5.43 Å². The van der Waals surface area contributed by atoms with Crippen LogP contribution < -0.4 is 5.43 Å². The maximum Gasteiger partial charge on any atom is 0.197 e. The lowest BCUT2D eigenvalue weighted by Crippen LogP contribution is -2.10. The first-order chi connectivity index (χ1) is 11.3. The summed E-state index contributed by atoms with van der Waals surface area (Å²) < 4.78 is 2.06. The summed E-state index contributed by atoms with van der Waals surface area (Å²) in [5, 5.41) is 10.4. The van der Waals surface area contributed by atoms with E-state index in [0.717, 1.165) is 16.7 Å². The van der Waals surface area contributed by atoms with E-state index in [-0.39, 0.29) is 5.43 Å². The summed E-state index contributed by atoms with van der Waals surface area (Å²) >= 11 is 0. The summed E-state index contributed by atoms with van der Waals surface area (Å²) in [6.07, 6.45) is 0. The minimum Gasteiger partial charge on any atom is -0.309 e. The largest absolute Gasteiger partial charge is 0.309 e. The average Bonchev–Trinajstić information content (AvgIpc) is 2.63. The van der Waals surface area contributed by atoms with Crippen molar-refractivity contribution in [3.8, 4) is 11.8 Å². The van der Waals surface area contributed by atoms with E-state index in [1.807, 2.05) is 60.7 Å². The Bertz CT molecular complexity index is 1070. The van der Waals surface area contributed by atoms with Crippen molar-refractivity contribution in [3.05, 3.63) is 88.6 Å². The normalized spacial score (nSPS) is 10.7. The van der Waals surface area contributed by atoms with Crippen molar-refractivity contribution < 1.29 is 0 Å². The van der Waals surface area contributed by atoms with Gasteiger partial charge in [-0.05, 0) is 48.5 Å². The van der Waals surface area contributed by atoms with E-state index in [1.165, 1.54) is 0 Å². The molecule has 0 aliphatic rings. The van der Waals surface area contributed by atoms with Crippen LogP contribution in [0.15, 0.2) is 77.6 Å². The third-order valence-electron chi connectivity index (χ3n) is 4.03. The lowest BCUT2D eigenvalue weighted by molar-refractivity contribution is 1.16. The summed E-state index contributed by atoms with van der Waals surface area (Å²) in [4.78, 5) is 12.7. The molecular weight excluding hydrogens is 284 g/mol. The first-order valence-corrected chi connectivity index (χ1v) is 7.32. The minimum atomic E-state index is 0.0427. The van der Waals surface area contributed by atoms with Crippen LogP contribution in [0.3, 0.4) is 0 Å². The molecule has 0 N–H and O–H groups in total. The van der Waals surface area contributed by atoms with Crippen molar-refractivity contribution in [1.82, 2.24) is 4.57 Å². The van der Waals surface area contributed by atoms with E-state index < -0.39 is 0 Å². The second-order valence-corrected chi connectivity index (χ2v) is 5.36. The highest BCUT2D eigenvalue weighted by atomic mass is 16.1. The number of nitrogens with zero attached hydrogens (tertiary/aromatic N) is 2. The second kappa shape index (κ2) is 5.11. The number of aromatic nitrogens is 1. The molecule has 1 aromatic heterocycles. The van der Waals surface area contributed by atoms with Gasteiger partial charge in [-0.3, -0.25) is 4.79 Å². The van der Waals surface area contributed by atoms with Crippen LogP contribution in [-0.4, -0.2) is 4.57 Å². The highest BCUT2D eigenvalue weighted by Gasteiger charge is 2.11. The number of hydrogen-bond acceptors (Lipinski definition) is 2. The van der Waals surface area contributed by atoms with E-state index in [1.54, 1.807) is 12.1 Å². The van der Waals surface area contributed by atoms with Crippen LogP contribution in [0, 0.1) is 11.3 Å². The zero-order chi connectivity index (χ0) is 15.8. The van der Waals surface area contributed by atoms with Gasteiger partial charge in [0, 0.05) is 16.5 Å². The molecule has 1 heterocycles. The zero-order valence-electron chi connectivity index (χ0n) is 12.2. The SMILES string of the molecule is N#Cc1ccc(-n2c3ccccc3c(=O)c3ccccc32)cc1. The van der Waals surface area contributed by atoms with Crippen LogP contribution in [0.25, 0.3) is 27.5 Å². The minimum absolute atomic E-state index is 0.0427. The van der Waals surface area contributed by atoms with E-state index >= 15 is 0 Å². The fourth-order valence-corrected chi connectivity index (χ4v) is 2.96. The molecule has 0 amide bonds. The number of nitriles is 1. The Morgan fingerprint density at radius 2 is 1.26 bits per heavy atom. The number of hydrogen-bond donors (Lipinski definition) is 0. The summed E-state index contributed by atoms with van der Waals surface area (Å²) in [6, 6.07) is 24.7. The predicted octanol–water partition coefficient (Wildman–Crippen LogP) is 4.02. The molecule has 23 heavy (non-hydrogen) atoms. The van der Waals surface area contributed by atoms with Crippen molar-refractivity contribution in [1.29, 1.82) is 5.26 Å². The van der Waals surface area contributed by atoms with E-state index in [0.29, 0.717) is 16.3 Å². The number of rotatable bonds is 1. The fraction of sp³-hybridized carbons (Fsp3) is 0. The van der Waals surface area contributed by atoms with Crippen molar-refractivity contribution in [2.45, 2.75) is 0 Å². The Hall–Kier alpha value is -3.38. The Labute approximate surface area is 132 Å². The van der Waals surface area contributed by atoms with Crippen LogP contribution in [0.4, 0.5) is 0 Å². The zero-order valence-corrected chi connectivity index (χ0v) is 12.2. The Morgan fingerprint density at radius 3 is 1.78 bits per heavy atom. The summed E-state index contributed by atoms with van der Waals surface area (Å²) in [7, 11) is 0. The first-order valence-electron chi connectivity index (χ1n) is 7.32. The van der Waals surface area contributed by atoms with Crippen molar-refractivity contribution in [2.24, 2.45) is 0 Å². The van der Waals surface area contributed by atoms with Gasteiger partial charge in [-0.15, -0.1) is 0 Å². The molecule has 108 valence electrons. The molecule has 4 rings (SSSR count). The van der Waals surface area contributed by atoms with E-state index in [2.05, 4.69) is 10.6 Å². The fourth-order valence-electron chi connectivity index (χ4n) is 2.96. The van der Waals surface area contributed by atoms with Gasteiger partial charge in [-0.25, -0.2) is 0 Å². The summed E-state index contributed by atoms with van der Waals surface area (Å²) in [5.74, 6) is 0. The van der Waals surface area contributed by atoms with E-state index in [9.17, 15) is 4.79 Å². The van der Waals surface area contributed by atoms with E-state index in [4.69, 9.17) is 5.26 Å². The third-order valence-corrected chi connectivity index (χ3v) is 4.03. The highest BCUT2D eigenvalue weighted by Crippen LogP contribution is 2.23. The number of fused-ring (bicyclic) bond motifs is 2. The number of pyridine rings is 1. The standard InChI is InChI=1S/C20H12N2O/c21-13-14-9-11-15(12-10-14)22-18-7-3-1-5-16(18)20(23)17-6-2-4-8-19(17)22/h1-12H. The molecule has 0 radical (unpaired) electrons. The molecule has 3 aromatic carbocycles. The third kappa shape index (κ3) is 2.01. The molecule has 3 nitrogen and oxygen atoms in total.